The maximum absolute atomic E-state index is 14.8. The summed E-state index contributed by atoms with van der Waals surface area (Å²) in [5, 5.41) is 0.271. The minimum Gasteiger partial charge on any atom is -0.338 e. The second-order valence-corrected chi connectivity index (χ2v) is 10.3. The highest BCUT2D eigenvalue weighted by Gasteiger charge is 2.39. The first-order valence-corrected chi connectivity index (χ1v) is 12.0. The lowest BCUT2D eigenvalue weighted by atomic mass is 10.00. The average Bonchev–Trinajstić information content (AvgIpc) is 2.82. The molecule has 7 nitrogen and oxygen atoms in total. The first-order valence-electron chi connectivity index (χ1n) is 10.4. The number of hydrogen-bond acceptors (Lipinski definition) is 6. The van der Waals surface area contributed by atoms with Gasteiger partial charge in [-0.1, -0.05) is 0 Å². The highest BCUT2D eigenvalue weighted by atomic mass is 32.2. The number of rotatable bonds is 7. The molecular weight excluding hydrogens is 526 g/mol. The third-order valence-electron chi connectivity index (χ3n) is 5.23. The van der Waals surface area contributed by atoms with Crippen molar-refractivity contribution in [3.05, 3.63) is 88.3 Å². The van der Waals surface area contributed by atoms with Gasteiger partial charge in [0.25, 0.3) is 5.91 Å². The number of amides is 1. The normalized spacial score (nSPS) is 13.0. The summed E-state index contributed by atoms with van der Waals surface area (Å²) in [6.07, 6.45) is -3.58. The molecule has 14 heteroatoms. The maximum Gasteiger partial charge on any atom is 0.433 e. The van der Waals surface area contributed by atoms with Crippen molar-refractivity contribution in [3.8, 4) is 0 Å². The Morgan fingerprint density at radius 2 is 1.68 bits per heavy atom. The van der Waals surface area contributed by atoms with Gasteiger partial charge in [0.1, 0.15) is 22.5 Å². The molecule has 2 heterocycles. The molecule has 37 heavy (non-hydrogen) atoms. The Morgan fingerprint density at radius 3 is 2.22 bits per heavy atom. The predicted octanol–water partition coefficient (Wildman–Crippen LogP) is 4.03. The lowest BCUT2D eigenvalue weighted by Crippen LogP contribution is -2.33. The number of carbonyl (C=O) groups is 1. The number of aryl methyl sites for hydroxylation is 1. The van der Waals surface area contributed by atoms with Crippen molar-refractivity contribution in [2.45, 2.75) is 23.2 Å². The van der Waals surface area contributed by atoms with Crippen molar-refractivity contribution >= 4 is 15.7 Å². The molecule has 198 valence electrons. The van der Waals surface area contributed by atoms with Crippen molar-refractivity contribution in [3.63, 3.8) is 0 Å². The zero-order chi connectivity index (χ0) is 27.7. The third kappa shape index (κ3) is 5.91. The minimum absolute atomic E-state index is 0.0431. The molecule has 0 radical (unpaired) electrons. The lowest BCUT2D eigenvalue weighted by Gasteiger charge is -2.22. The van der Waals surface area contributed by atoms with Crippen LogP contribution in [0.25, 0.3) is 0 Å². The summed E-state index contributed by atoms with van der Waals surface area (Å²) >= 11 is 0. The highest BCUT2D eigenvalue weighted by Crippen LogP contribution is 2.40. The molecule has 0 aliphatic rings. The van der Waals surface area contributed by atoms with Gasteiger partial charge in [-0.25, -0.2) is 21.6 Å². The van der Waals surface area contributed by atoms with Crippen LogP contribution in [0.1, 0.15) is 38.1 Å². The summed E-state index contributed by atoms with van der Waals surface area (Å²) in [6.45, 7) is 1.49. The van der Waals surface area contributed by atoms with E-state index in [1.807, 2.05) is 0 Å². The van der Waals surface area contributed by atoms with Gasteiger partial charge in [0, 0.05) is 18.0 Å². The summed E-state index contributed by atoms with van der Waals surface area (Å²) < 4.78 is 110. The van der Waals surface area contributed by atoms with E-state index >= 15 is 0 Å². The number of alkyl halides is 3. The molecule has 0 bridgehead atoms. The Kier molecular flexibility index (Phi) is 7.93. The molecule has 0 aliphatic carbocycles. The number of sulfone groups is 1. The second kappa shape index (κ2) is 10.5. The fourth-order valence-corrected chi connectivity index (χ4v) is 5.24. The molecular formula is C23H20F6N4O3S. The topological polar surface area (TPSA) is 92.3 Å². The Labute approximate surface area is 208 Å². The Bertz CT molecular complexity index is 1430. The van der Waals surface area contributed by atoms with Crippen LogP contribution in [0.4, 0.5) is 26.3 Å². The molecule has 1 amide bonds. The van der Waals surface area contributed by atoms with E-state index in [9.17, 15) is 39.6 Å². The van der Waals surface area contributed by atoms with Crippen LogP contribution in [0, 0.1) is 24.4 Å². The summed E-state index contributed by atoms with van der Waals surface area (Å²) in [4.78, 5) is 20.2. The van der Waals surface area contributed by atoms with E-state index in [0.717, 1.165) is 6.20 Å². The van der Waals surface area contributed by atoms with Crippen LogP contribution in [-0.4, -0.2) is 50.0 Å². The molecule has 1 atom stereocenters. The molecule has 1 aromatic carbocycles. The lowest BCUT2D eigenvalue weighted by molar-refractivity contribution is -0.141. The summed E-state index contributed by atoms with van der Waals surface area (Å²) in [5.41, 5.74) is -3.02. The van der Waals surface area contributed by atoms with Gasteiger partial charge in [-0.2, -0.15) is 13.2 Å². The van der Waals surface area contributed by atoms with E-state index in [4.69, 9.17) is 0 Å². The molecule has 0 spiro atoms. The van der Waals surface area contributed by atoms with Crippen LogP contribution in [0.2, 0.25) is 0 Å². The molecule has 3 aromatic rings. The van der Waals surface area contributed by atoms with Gasteiger partial charge < -0.3 is 5.32 Å². The molecule has 0 fully saturated rings. The average molecular weight is 546 g/mol. The number of aromatic nitrogens is 2. The number of pyridine rings is 2. The predicted molar refractivity (Wildman–Crippen MR) is 120 cm³/mol. The van der Waals surface area contributed by atoms with Gasteiger partial charge in [0.15, 0.2) is 21.5 Å². The fourth-order valence-electron chi connectivity index (χ4n) is 3.40. The quantitative estimate of drug-likeness (QED) is 0.273. The first kappa shape index (κ1) is 28.1. The van der Waals surface area contributed by atoms with E-state index in [1.54, 1.807) is 19.0 Å². The van der Waals surface area contributed by atoms with Gasteiger partial charge in [-0.05, 0) is 62.5 Å². The highest BCUT2D eigenvalue weighted by molar-refractivity contribution is 7.91. The molecule has 0 saturated carbocycles. The van der Waals surface area contributed by atoms with Crippen LogP contribution in [0.5, 0.6) is 0 Å². The van der Waals surface area contributed by atoms with Crippen LogP contribution in [-0.2, 0) is 16.0 Å². The van der Waals surface area contributed by atoms with Crippen LogP contribution in [0.3, 0.4) is 0 Å². The van der Waals surface area contributed by atoms with E-state index in [0.29, 0.717) is 30.5 Å². The Hall–Kier alpha value is -3.52. The molecule has 2 aromatic heterocycles. The molecule has 0 saturated heterocycles. The number of hydrogen-bond donors (Lipinski definition) is 1. The van der Waals surface area contributed by atoms with E-state index in [-0.39, 0.29) is 23.5 Å². The van der Waals surface area contributed by atoms with Crippen molar-refractivity contribution < 1.29 is 39.6 Å². The molecule has 1 unspecified atom stereocenters. The number of benzene rings is 1. The maximum atomic E-state index is 14.8. The van der Waals surface area contributed by atoms with Crippen molar-refractivity contribution in [2.75, 3.05) is 20.8 Å². The van der Waals surface area contributed by atoms with Gasteiger partial charge in [-0.15, -0.1) is 0 Å². The number of nitrogens with zero attached hydrogens (tertiary/aromatic N) is 3. The number of nitrogens with one attached hydrogen (secondary N) is 1. The van der Waals surface area contributed by atoms with Crippen molar-refractivity contribution in [2.24, 2.45) is 0 Å². The monoisotopic (exact) mass is 546 g/mol. The fraction of sp³-hybridized carbons (Fsp3) is 0.261. The van der Waals surface area contributed by atoms with Gasteiger partial charge in [0.2, 0.25) is 0 Å². The van der Waals surface area contributed by atoms with Gasteiger partial charge >= 0.3 is 6.18 Å². The minimum atomic E-state index is -4.93. The second-order valence-electron chi connectivity index (χ2n) is 8.23. The first-order chi connectivity index (χ1) is 17.1. The van der Waals surface area contributed by atoms with E-state index in [1.165, 1.54) is 13.0 Å². The van der Waals surface area contributed by atoms with Crippen LogP contribution in [0.15, 0.2) is 47.6 Å². The zero-order valence-electron chi connectivity index (χ0n) is 19.6. The van der Waals surface area contributed by atoms with Crippen LogP contribution >= 0.6 is 0 Å². The van der Waals surface area contributed by atoms with E-state index < -0.39 is 60.8 Å². The zero-order valence-corrected chi connectivity index (χ0v) is 20.4. The summed E-state index contributed by atoms with van der Waals surface area (Å²) in [6, 6.07) is 3.13. The third-order valence-corrected chi connectivity index (χ3v) is 7.24. The summed E-state index contributed by atoms with van der Waals surface area (Å²) in [5.74, 6) is -5.40. The van der Waals surface area contributed by atoms with Gasteiger partial charge in [-0.3, -0.25) is 19.7 Å². The molecule has 0 aliphatic heterocycles. The SMILES string of the molecule is Cc1cc(C(=O)NCN(C)C)ncc1C(c1c(F)ccc(F)c1F)S(=O)(=O)c1ccc(C(F)(F)F)nc1. The van der Waals surface area contributed by atoms with Gasteiger partial charge in [0.05, 0.1) is 11.6 Å². The Balaban J connectivity index is 2.20. The molecule has 1 N–H and O–H groups in total. The standard InChI is InChI=1S/C23H20F6N4O3S/c1-12-8-17(22(34)32-11-33(2)3)30-10-14(12)21(19-15(24)5-6-16(25)20(19)26)37(35,36)13-4-7-18(31-9-13)23(27,28)29/h4-10,21H,11H2,1-3H3,(H,32,34). The summed E-state index contributed by atoms with van der Waals surface area (Å²) in [7, 11) is -1.55. The van der Waals surface area contributed by atoms with Crippen LogP contribution < -0.4 is 5.32 Å². The largest absolute Gasteiger partial charge is 0.433 e. The smallest absolute Gasteiger partial charge is 0.338 e. The number of carbonyl (C=O) groups excluding carboxylic acids is 1. The van der Waals surface area contributed by atoms with E-state index in [2.05, 4.69) is 15.3 Å². The number of halogens is 6. The van der Waals surface area contributed by atoms with Crippen molar-refractivity contribution in [1.29, 1.82) is 0 Å². The van der Waals surface area contributed by atoms with Crippen molar-refractivity contribution in [1.82, 2.24) is 20.2 Å². The molecule has 3 rings (SSSR count). The Morgan fingerprint density at radius 1 is 1.03 bits per heavy atom.